The van der Waals surface area contributed by atoms with Gasteiger partial charge in [-0.05, 0) is 26.8 Å². The van der Waals surface area contributed by atoms with Crippen molar-refractivity contribution in [3.05, 3.63) is 23.9 Å². The van der Waals surface area contributed by atoms with Gasteiger partial charge in [-0.2, -0.15) is 11.8 Å². The topological polar surface area (TPSA) is 43.8 Å². The van der Waals surface area contributed by atoms with Crippen LogP contribution in [0.4, 0.5) is 5.82 Å². The Hall–Kier alpha value is -1.43. The number of aliphatic imine (C=N–C) groups is 1. The van der Waals surface area contributed by atoms with Crippen molar-refractivity contribution in [3.63, 3.8) is 0 Å². The van der Waals surface area contributed by atoms with E-state index in [-0.39, 0.29) is 4.75 Å². The van der Waals surface area contributed by atoms with Crippen LogP contribution in [-0.2, 0) is 6.54 Å². The number of rotatable bonds is 4. The van der Waals surface area contributed by atoms with Gasteiger partial charge in [0.15, 0.2) is 5.96 Å². The molecule has 128 valence electrons. The summed E-state index contributed by atoms with van der Waals surface area (Å²) in [5.74, 6) is 3.14. The predicted octanol–water partition coefficient (Wildman–Crippen LogP) is 2.44. The number of nitrogens with zero attached hydrogens (tertiary/aromatic N) is 4. The zero-order chi connectivity index (χ0) is 16.9. The zero-order valence-corrected chi connectivity index (χ0v) is 15.8. The van der Waals surface area contributed by atoms with E-state index in [4.69, 9.17) is 4.99 Å². The highest BCUT2D eigenvalue weighted by atomic mass is 32.2. The average Bonchev–Trinajstić information content (AvgIpc) is 2.50. The summed E-state index contributed by atoms with van der Waals surface area (Å²) in [6, 6.07) is 4.08. The molecule has 23 heavy (non-hydrogen) atoms. The highest BCUT2D eigenvalue weighted by Gasteiger charge is 2.28. The van der Waals surface area contributed by atoms with Crippen molar-refractivity contribution in [2.45, 2.75) is 32.1 Å². The van der Waals surface area contributed by atoms with Crippen LogP contribution >= 0.6 is 11.8 Å². The molecular weight excluding hydrogens is 306 g/mol. The second kappa shape index (κ2) is 7.90. The van der Waals surface area contributed by atoms with Crippen LogP contribution < -0.4 is 10.2 Å². The lowest BCUT2D eigenvalue weighted by Crippen LogP contribution is -2.50. The van der Waals surface area contributed by atoms with Gasteiger partial charge in [0.1, 0.15) is 5.82 Å². The molecule has 1 aromatic rings. The number of hydrogen-bond acceptors (Lipinski definition) is 4. The van der Waals surface area contributed by atoms with Gasteiger partial charge in [0.25, 0.3) is 0 Å². The van der Waals surface area contributed by atoms with Gasteiger partial charge >= 0.3 is 0 Å². The highest BCUT2D eigenvalue weighted by Crippen LogP contribution is 2.29. The molecule has 1 aliphatic heterocycles. The van der Waals surface area contributed by atoms with Crippen LogP contribution in [0.25, 0.3) is 0 Å². The Morgan fingerprint density at radius 1 is 1.48 bits per heavy atom. The van der Waals surface area contributed by atoms with E-state index in [1.54, 1.807) is 0 Å². The summed E-state index contributed by atoms with van der Waals surface area (Å²) in [5, 5.41) is 3.44. The van der Waals surface area contributed by atoms with Gasteiger partial charge in [0, 0.05) is 56.0 Å². The molecule has 0 aliphatic carbocycles. The summed E-state index contributed by atoms with van der Waals surface area (Å²) in [6.07, 6.45) is 1.83. The van der Waals surface area contributed by atoms with E-state index in [0.717, 1.165) is 42.7 Å². The first kappa shape index (κ1) is 17.9. The first-order valence-corrected chi connectivity index (χ1v) is 9.20. The number of anilines is 1. The molecule has 0 spiro atoms. The normalized spacial score (nSPS) is 18.0. The van der Waals surface area contributed by atoms with Gasteiger partial charge in [0.05, 0.1) is 6.54 Å². The van der Waals surface area contributed by atoms with Gasteiger partial charge in [0.2, 0.25) is 0 Å². The maximum atomic E-state index is 4.87. The van der Waals surface area contributed by atoms with E-state index in [1.165, 1.54) is 0 Å². The Kier molecular flexibility index (Phi) is 6.16. The van der Waals surface area contributed by atoms with Crippen molar-refractivity contribution >= 4 is 23.5 Å². The molecule has 0 unspecified atom stereocenters. The van der Waals surface area contributed by atoms with Crippen molar-refractivity contribution < 1.29 is 0 Å². The van der Waals surface area contributed by atoms with Gasteiger partial charge < -0.3 is 15.1 Å². The van der Waals surface area contributed by atoms with Crippen LogP contribution in [0.3, 0.4) is 0 Å². The van der Waals surface area contributed by atoms with Crippen LogP contribution in [0.5, 0.6) is 0 Å². The quantitative estimate of drug-likeness (QED) is 0.676. The predicted molar refractivity (Wildman–Crippen MR) is 101 cm³/mol. The first-order valence-electron chi connectivity index (χ1n) is 8.21. The SMILES string of the molecule is CCNC(=NCc1cccnc1N(C)C)N1CCSC(C)(C)C1. The van der Waals surface area contributed by atoms with Crippen LogP contribution in [0.15, 0.2) is 23.3 Å². The van der Waals surface area contributed by atoms with Crippen LogP contribution in [-0.4, -0.2) is 60.1 Å². The first-order chi connectivity index (χ1) is 10.9. The van der Waals surface area contributed by atoms with Crippen molar-refractivity contribution in [2.75, 3.05) is 44.4 Å². The van der Waals surface area contributed by atoms with Crippen LogP contribution in [0, 0.1) is 0 Å². The molecule has 0 bridgehead atoms. The van der Waals surface area contributed by atoms with Crippen LogP contribution in [0.2, 0.25) is 0 Å². The van der Waals surface area contributed by atoms with E-state index in [0.29, 0.717) is 6.54 Å². The molecule has 2 heterocycles. The summed E-state index contributed by atoms with van der Waals surface area (Å²) < 4.78 is 0.275. The third-order valence-corrected chi connectivity index (χ3v) is 5.05. The van der Waals surface area contributed by atoms with E-state index in [9.17, 15) is 0 Å². The number of hydrogen-bond donors (Lipinski definition) is 1. The lowest BCUT2D eigenvalue weighted by Gasteiger charge is -2.39. The fourth-order valence-electron chi connectivity index (χ4n) is 2.74. The molecule has 5 nitrogen and oxygen atoms in total. The Bertz CT molecular complexity index is 542. The number of aromatic nitrogens is 1. The minimum Gasteiger partial charge on any atom is -0.362 e. The minimum absolute atomic E-state index is 0.275. The third-order valence-electron chi connectivity index (χ3n) is 3.75. The Morgan fingerprint density at radius 2 is 2.26 bits per heavy atom. The Labute approximate surface area is 144 Å². The fraction of sp³-hybridized carbons (Fsp3) is 0.647. The summed E-state index contributed by atoms with van der Waals surface area (Å²) in [7, 11) is 4.04. The molecule has 2 rings (SSSR count). The Morgan fingerprint density at radius 3 is 2.91 bits per heavy atom. The summed E-state index contributed by atoms with van der Waals surface area (Å²) >= 11 is 2.04. The van der Waals surface area contributed by atoms with Gasteiger partial charge in [-0.15, -0.1) is 0 Å². The maximum absolute atomic E-state index is 4.87. The summed E-state index contributed by atoms with van der Waals surface area (Å²) in [4.78, 5) is 13.7. The van der Waals surface area contributed by atoms with E-state index >= 15 is 0 Å². The molecule has 0 aromatic carbocycles. The molecule has 1 N–H and O–H groups in total. The van der Waals surface area contributed by atoms with E-state index < -0.39 is 0 Å². The molecule has 0 radical (unpaired) electrons. The smallest absolute Gasteiger partial charge is 0.194 e. The molecule has 0 atom stereocenters. The Balaban J connectivity index is 2.16. The molecular formula is C17H29N5S. The lowest BCUT2D eigenvalue weighted by molar-refractivity contribution is 0.376. The van der Waals surface area contributed by atoms with Crippen LogP contribution in [0.1, 0.15) is 26.3 Å². The van der Waals surface area contributed by atoms with E-state index in [1.807, 2.05) is 43.0 Å². The second-order valence-corrected chi connectivity index (χ2v) is 8.38. The second-order valence-electron chi connectivity index (χ2n) is 6.58. The largest absolute Gasteiger partial charge is 0.362 e. The molecule has 0 saturated carbocycles. The van der Waals surface area contributed by atoms with Crippen molar-refractivity contribution in [2.24, 2.45) is 4.99 Å². The molecule has 1 saturated heterocycles. The molecule has 6 heteroatoms. The molecule has 1 aromatic heterocycles. The molecule has 1 aliphatic rings. The van der Waals surface area contributed by atoms with Gasteiger partial charge in [-0.3, -0.25) is 0 Å². The standard InChI is InChI=1S/C17H29N5S/c1-6-18-16(22-10-11-23-17(2,3)13-22)20-12-14-8-7-9-19-15(14)21(4)5/h7-9H,6,10-13H2,1-5H3,(H,18,20). The van der Waals surface area contributed by atoms with Crippen molar-refractivity contribution in [3.8, 4) is 0 Å². The fourth-order valence-corrected chi connectivity index (χ4v) is 3.85. The summed E-state index contributed by atoms with van der Waals surface area (Å²) in [5.41, 5.74) is 1.15. The monoisotopic (exact) mass is 335 g/mol. The average molecular weight is 336 g/mol. The van der Waals surface area contributed by atoms with E-state index in [2.05, 4.69) is 42.0 Å². The van der Waals surface area contributed by atoms with Gasteiger partial charge in [-0.1, -0.05) is 6.07 Å². The number of guanidine groups is 1. The van der Waals surface area contributed by atoms with Gasteiger partial charge in [-0.25, -0.2) is 9.98 Å². The lowest BCUT2D eigenvalue weighted by atomic mass is 10.2. The maximum Gasteiger partial charge on any atom is 0.194 e. The minimum atomic E-state index is 0.275. The number of nitrogens with one attached hydrogen (secondary N) is 1. The number of thioether (sulfide) groups is 1. The van der Waals surface area contributed by atoms with Crippen molar-refractivity contribution in [1.82, 2.24) is 15.2 Å². The van der Waals surface area contributed by atoms with Crippen molar-refractivity contribution in [1.29, 1.82) is 0 Å². The third kappa shape index (κ3) is 5.03. The zero-order valence-electron chi connectivity index (χ0n) is 15.0. The molecule has 0 amide bonds. The molecule has 1 fully saturated rings. The highest BCUT2D eigenvalue weighted by molar-refractivity contribution is 8.00. The summed E-state index contributed by atoms with van der Waals surface area (Å²) in [6.45, 7) is 10.3. The number of pyridine rings is 1.